The van der Waals surface area contributed by atoms with Crippen molar-refractivity contribution >= 4 is 11.9 Å². The first-order valence-corrected chi connectivity index (χ1v) is 10.1. The van der Waals surface area contributed by atoms with E-state index in [-0.39, 0.29) is 12.1 Å². The maximum absolute atomic E-state index is 13.0. The Morgan fingerprint density at radius 1 is 1.03 bits per heavy atom. The van der Waals surface area contributed by atoms with Gasteiger partial charge in [0.2, 0.25) is 6.04 Å². The molecule has 1 aliphatic rings. The largest absolute Gasteiger partial charge is 0.497 e. The van der Waals surface area contributed by atoms with Crippen LogP contribution in [0, 0.1) is 0 Å². The minimum absolute atomic E-state index is 0.0433. The Labute approximate surface area is 182 Å². The molecule has 0 saturated carbocycles. The zero-order valence-corrected chi connectivity index (χ0v) is 18.5. The average molecular weight is 426 g/mol. The van der Waals surface area contributed by atoms with E-state index < -0.39 is 12.0 Å². The third kappa shape index (κ3) is 4.56. The first-order valence-electron chi connectivity index (χ1n) is 10.1. The van der Waals surface area contributed by atoms with E-state index in [9.17, 15) is 9.59 Å². The number of esters is 1. The highest BCUT2D eigenvalue weighted by Gasteiger charge is 2.41. The first kappa shape index (κ1) is 22.4. The second kappa shape index (κ2) is 9.66. The van der Waals surface area contributed by atoms with Gasteiger partial charge >= 0.3 is 5.97 Å². The molecule has 164 valence electrons. The Balaban J connectivity index is 1.93. The number of quaternary nitrogens is 1. The van der Waals surface area contributed by atoms with Gasteiger partial charge in [-0.1, -0.05) is 24.3 Å². The van der Waals surface area contributed by atoms with Gasteiger partial charge in [-0.2, -0.15) is 0 Å². The Bertz CT molecular complexity index is 984. The molecule has 2 aromatic rings. The van der Waals surface area contributed by atoms with E-state index in [4.69, 9.17) is 14.2 Å². The molecular formula is C24H29N2O5+. The molecule has 0 aliphatic carbocycles. The molecule has 3 rings (SSSR count). The van der Waals surface area contributed by atoms with E-state index in [0.29, 0.717) is 23.4 Å². The number of hydrogen-bond acceptors (Lipinski definition) is 5. The van der Waals surface area contributed by atoms with Crippen molar-refractivity contribution in [2.24, 2.45) is 0 Å². The van der Waals surface area contributed by atoms with Crippen molar-refractivity contribution in [3.8, 4) is 11.5 Å². The number of methoxy groups -OCH3 is 3. The lowest BCUT2D eigenvalue weighted by atomic mass is 10.0. The normalized spacial score (nSPS) is 17.0. The number of amides is 1. The molecule has 0 saturated heterocycles. The second-order valence-electron chi connectivity index (χ2n) is 7.47. The number of para-hydroxylation sites is 1. The monoisotopic (exact) mass is 425 g/mol. The molecule has 31 heavy (non-hydrogen) atoms. The zero-order chi connectivity index (χ0) is 22.5. The van der Waals surface area contributed by atoms with Crippen LogP contribution in [0.5, 0.6) is 11.5 Å². The molecule has 0 aromatic heterocycles. The van der Waals surface area contributed by atoms with Crippen LogP contribution in [0.2, 0.25) is 0 Å². The number of rotatable bonds is 8. The number of hydrogen-bond donors (Lipinski definition) is 1. The fourth-order valence-electron chi connectivity index (χ4n) is 3.85. The Morgan fingerprint density at radius 3 is 2.32 bits per heavy atom. The quantitative estimate of drug-likeness (QED) is 0.656. The number of ether oxygens (including phenoxy) is 3. The molecule has 2 aromatic carbocycles. The summed E-state index contributed by atoms with van der Waals surface area (Å²) < 4.78 is 15.8. The highest BCUT2D eigenvalue weighted by atomic mass is 16.5. The SMILES string of the molecule is COC(=O)[C@@H]([NH2+][C@H]1C(C)=C(C)C(=O)N1Cc1ccc(OC)cc1)c1ccccc1OC. The van der Waals surface area contributed by atoms with Gasteiger partial charge < -0.3 is 19.5 Å². The van der Waals surface area contributed by atoms with Crippen LogP contribution in [0.25, 0.3) is 0 Å². The number of nitrogens with zero attached hydrogens (tertiary/aromatic N) is 1. The summed E-state index contributed by atoms with van der Waals surface area (Å²) in [6.07, 6.45) is -0.344. The zero-order valence-electron chi connectivity index (χ0n) is 18.5. The van der Waals surface area contributed by atoms with Crippen molar-refractivity contribution < 1.29 is 29.1 Å². The summed E-state index contributed by atoms with van der Waals surface area (Å²) in [5, 5.41) is 1.87. The summed E-state index contributed by atoms with van der Waals surface area (Å²) >= 11 is 0. The highest BCUT2D eigenvalue weighted by Crippen LogP contribution is 2.27. The van der Waals surface area contributed by atoms with E-state index in [1.54, 1.807) is 19.1 Å². The van der Waals surface area contributed by atoms with Crippen LogP contribution in [0.15, 0.2) is 59.7 Å². The van der Waals surface area contributed by atoms with Crippen LogP contribution in [-0.4, -0.2) is 44.3 Å². The van der Waals surface area contributed by atoms with Crippen LogP contribution >= 0.6 is 0 Å². The number of carbonyl (C=O) groups excluding carboxylic acids is 2. The first-order chi connectivity index (χ1) is 14.9. The lowest BCUT2D eigenvalue weighted by Gasteiger charge is -2.28. The van der Waals surface area contributed by atoms with Crippen molar-refractivity contribution in [2.45, 2.75) is 32.6 Å². The molecule has 7 nitrogen and oxygen atoms in total. The molecule has 0 radical (unpaired) electrons. The average Bonchev–Trinajstić information content (AvgIpc) is 3.00. The lowest BCUT2D eigenvalue weighted by molar-refractivity contribution is -0.724. The Kier molecular flexibility index (Phi) is 6.97. The van der Waals surface area contributed by atoms with Crippen molar-refractivity contribution in [1.82, 2.24) is 4.90 Å². The predicted molar refractivity (Wildman–Crippen MR) is 115 cm³/mol. The molecular weight excluding hydrogens is 396 g/mol. The third-order valence-electron chi connectivity index (χ3n) is 5.77. The maximum atomic E-state index is 13.0. The molecule has 0 bridgehead atoms. The van der Waals surface area contributed by atoms with E-state index in [0.717, 1.165) is 16.9 Å². The van der Waals surface area contributed by atoms with Crippen molar-refractivity contribution in [3.63, 3.8) is 0 Å². The van der Waals surface area contributed by atoms with Crippen LogP contribution < -0.4 is 14.8 Å². The topological polar surface area (TPSA) is 81.7 Å². The standard InChI is InChI=1S/C24H28N2O5/c1-15-16(2)23(27)26(14-17-10-12-18(29-3)13-11-17)22(15)25-21(24(28)31-5)19-8-6-7-9-20(19)30-4/h6-13,21-22,25H,14H2,1-5H3/p+1/t21-,22+/m0/s1. The molecule has 1 amide bonds. The van der Waals surface area contributed by atoms with Crippen molar-refractivity contribution in [2.75, 3.05) is 21.3 Å². The smallest absolute Gasteiger partial charge is 0.369 e. The Morgan fingerprint density at radius 2 is 1.71 bits per heavy atom. The predicted octanol–water partition coefficient (Wildman–Crippen LogP) is 2.19. The fraction of sp³-hybridized carbons (Fsp3) is 0.333. The Hall–Kier alpha value is -3.32. The summed E-state index contributed by atoms with van der Waals surface area (Å²) in [5.41, 5.74) is 3.29. The number of nitrogens with two attached hydrogens (primary N) is 1. The molecule has 0 fully saturated rings. The van der Waals surface area contributed by atoms with Gasteiger partial charge in [0, 0.05) is 11.1 Å². The summed E-state index contributed by atoms with van der Waals surface area (Å²) in [5.74, 6) is 0.905. The van der Waals surface area contributed by atoms with E-state index in [1.807, 2.05) is 67.7 Å². The van der Waals surface area contributed by atoms with Gasteiger partial charge in [0.15, 0.2) is 6.17 Å². The molecule has 0 spiro atoms. The van der Waals surface area contributed by atoms with Crippen molar-refractivity contribution in [3.05, 3.63) is 70.8 Å². The van der Waals surface area contributed by atoms with E-state index in [2.05, 4.69) is 0 Å². The highest BCUT2D eigenvalue weighted by molar-refractivity contribution is 5.96. The van der Waals surface area contributed by atoms with Gasteiger partial charge in [0.1, 0.15) is 11.5 Å². The van der Waals surface area contributed by atoms with Crippen molar-refractivity contribution in [1.29, 1.82) is 0 Å². The fourth-order valence-corrected chi connectivity index (χ4v) is 3.85. The lowest BCUT2D eigenvalue weighted by Crippen LogP contribution is -2.95. The maximum Gasteiger partial charge on any atom is 0.369 e. The summed E-state index contributed by atoms with van der Waals surface area (Å²) in [6.45, 7) is 4.17. The number of benzene rings is 2. The molecule has 1 aliphatic heterocycles. The van der Waals surface area contributed by atoms with Crippen LogP contribution in [0.1, 0.15) is 31.0 Å². The minimum Gasteiger partial charge on any atom is -0.497 e. The summed E-state index contributed by atoms with van der Waals surface area (Å²) in [6, 6.07) is 14.3. The minimum atomic E-state index is -0.682. The third-order valence-corrected chi connectivity index (χ3v) is 5.77. The summed E-state index contributed by atoms with van der Waals surface area (Å²) in [4.78, 5) is 27.5. The van der Waals surface area contributed by atoms with Gasteiger partial charge in [-0.15, -0.1) is 0 Å². The molecule has 0 unspecified atom stereocenters. The van der Waals surface area contributed by atoms with Crippen LogP contribution in [0.3, 0.4) is 0 Å². The van der Waals surface area contributed by atoms with Gasteiger partial charge in [-0.3, -0.25) is 9.69 Å². The van der Waals surface area contributed by atoms with Crippen LogP contribution in [0.4, 0.5) is 0 Å². The van der Waals surface area contributed by atoms with Gasteiger partial charge in [-0.05, 0) is 43.7 Å². The van der Waals surface area contributed by atoms with Gasteiger partial charge in [0.25, 0.3) is 5.91 Å². The van der Waals surface area contributed by atoms with Gasteiger partial charge in [0.05, 0.1) is 33.4 Å². The van der Waals surface area contributed by atoms with Gasteiger partial charge in [-0.25, -0.2) is 4.79 Å². The van der Waals surface area contributed by atoms with Crippen LogP contribution in [-0.2, 0) is 20.9 Å². The molecule has 2 N–H and O–H groups in total. The van der Waals surface area contributed by atoms with E-state index in [1.165, 1.54) is 7.11 Å². The second-order valence-corrected chi connectivity index (χ2v) is 7.47. The van der Waals surface area contributed by atoms with E-state index >= 15 is 0 Å². The molecule has 7 heteroatoms. The molecule has 1 heterocycles. The number of carbonyl (C=O) groups is 2. The summed E-state index contributed by atoms with van der Waals surface area (Å²) in [7, 11) is 4.55. The molecule has 2 atom stereocenters.